The Labute approximate surface area is 104 Å². The largest absolute Gasteiger partial charge is 0.493 e. The van der Waals surface area contributed by atoms with Gasteiger partial charge in [0.1, 0.15) is 5.75 Å². The minimum Gasteiger partial charge on any atom is -0.493 e. The van der Waals surface area contributed by atoms with E-state index >= 15 is 0 Å². The van der Waals surface area contributed by atoms with Crippen LogP contribution in [0, 0.1) is 19.8 Å². The zero-order chi connectivity index (χ0) is 12.4. The third-order valence-corrected chi connectivity index (χ3v) is 3.20. The zero-order valence-electron chi connectivity index (χ0n) is 11.1. The van der Waals surface area contributed by atoms with Crippen molar-refractivity contribution < 1.29 is 4.74 Å². The van der Waals surface area contributed by atoms with E-state index in [0.29, 0.717) is 0 Å². The maximum atomic E-state index is 5.99. The number of benzene rings is 1. The first kappa shape index (κ1) is 12.4. The molecule has 0 radical (unpaired) electrons. The summed E-state index contributed by atoms with van der Waals surface area (Å²) >= 11 is 0. The van der Waals surface area contributed by atoms with Crippen LogP contribution in [0.4, 0.5) is 0 Å². The molecule has 17 heavy (non-hydrogen) atoms. The quantitative estimate of drug-likeness (QED) is 0.848. The van der Waals surface area contributed by atoms with Gasteiger partial charge in [0.25, 0.3) is 0 Å². The van der Waals surface area contributed by atoms with Crippen LogP contribution in [0.25, 0.3) is 0 Å². The summed E-state index contributed by atoms with van der Waals surface area (Å²) in [5.74, 6) is 1.86. The van der Waals surface area contributed by atoms with Crippen molar-refractivity contribution in [3.05, 3.63) is 28.8 Å². The SMILES string of the molecule is Cc1cc(C)c(OCC2CC2)c(CC(C)N)c1. The van der Waals surface area contributed by atoms with E-state index in [9.17, 15) is 0 Å². The Morgan fingerprint density at radius 3 is 2.65 bits per heavy atom. The Balaban J connectivity index is 2.18. The molecule has 2 N–H and O–H groups in total. The lowest BCUT2D eigenvalue weighted by molar-refractivity contribution is 0.294. The summed E-state index contributed by atoms with van der Waals surface area (Å²) in [6, 6.07) is 4.57. The number of rotatable bonds is 5. The van der Waals surface area contributed by atoms with Crippen molar-refractivity contribution in [1.82, 2.24) is 0 Å². The van der Waals surface area contributed by atoms with Gasteiger partial charge in [-0.15, -0.1) is 0 Å². The summed E-state index contributed by atoms with van der Waals surface area (Å²) < 4.78 is 5.99. The second-order valence-corrected chi connectivity index (χ2v) is 5.51. The van der Waals surface area contributed by atoms with E-state index in [1.165, 1.54) is 29.5 Å². The number of hydrogen-bond donors (Lipinski definition) is 1. The summed E-state index contributed by atoms with van der Waals surface area (Å²) in [5, 5.41) is 0. The minimum atomic E-state index is 0.180. The fourth-order valence-electron chi connectivity index (χ4n) is 2.23. The first-order chi connectivity index (χ1) is 8.06. The topological polar surface area (TPSA) is 35.2 Å². The Kier molecular flexibility index (Phi) is 3.72. The normalized spacial score (nSPS) is 16.9. The molecule has 1 aromatic rings. The van der Waals surface area contributed by atoms with Crippen LogP contribution < -0.4 is 10.5 Å². The highest BCUT2D eigenvalue weighted by Crippen LogP contribution is 2.32. The van der Waals surface area contributed by atoms with E-state index in [2.05, 4.69) is 26.0 Å². The molecule has 1 aromatic carbocycles. The first-order valence-corrected chi connectivity index (χ1v) is 6.54. The third-order valence-electron chi connectivity index (χ3n) is 3.20. The van der Waals surface area contributed by atoms with Gasteiger partial charge in [0, 0.05) is 6.04 Å². The van der Waals surface area contributed by atoms with Crippen LogP contribution in [-0.2, 0) is 6.42 Å². The van der Waals surface area contributed by atoms with Gasteiger partial charge >= 0.3 is 0 Å². The molecule has 1 fully saturated rings. The van der Waals surface area contributed by atoms with Crippen molar-refractivity contribution >= 4 is 0 Å². The first-order valence-electron chi connectivity index (χ1n) is 6.54. The molecule has 2 rings (SSSR count). The van der Waals surface area contributed by atoms with Gasteiger partial charge in [-0.1, -0.05) is 17.7 Å². The van der Waals surface area contributed by atoms with Gasteiger partial charge in [-0.3, -0.25) is 0 Å². The van der Waals surface area contributed by atoms with Gasteiger partial charge < -0.3 is 10.5 Å². The molecule has 0 bridgehead atoms. The third kappa shape index (κ3) is 3.47. The maximum Gasteiger partial charge on any atom is 0.125 e. The Hall–Kier alpha value is -1.02. The summed E-state index contributed by atoms with van der Waals surface area (Å²) in [6.07, 6.45) is 3.55. The Morgan fingerprint density at radius 2 is 2.06 bits per heavy atom. The molecule has 1 saturated carbocycles. The summed E-state index contributed by atoms with van der Waals surface area (Å²) in [5.41, 5.74) is 9.69. The Bertz CT molecular complexity index is 394. The monoisotopic (exact) mass is 233 g/mol. The minimum absolute atomic E-state index is 0.180. The highest BCUT2D eigenvalue weighted by Gasteiger charge is 2.23. The molecule has 0 aliphatic heterocycles. The molecule has 2 heteroatoms. The lowest BCUT2D eigenvalue weighted by Crippen LogP contribution is -2.19. The van der Waals surface area contributed by atoms with Crippen molar-refractivity contribution in [2.75, 3.05) is 6.61 Å². The maximum absolute atomic E-state index is 5.99. The molecule has 1 atom stereocenters. The number of aryl methyl sites for hydroxylation is 2. The predicted octanol–water partition coefficient (Wildman–Crippen LogP) is 2.98. The molecule has 0 saturated heterocycles. The smallest absolute Gasteiger partial charge is 0.125 e. The molecular weight excluding hydrogens is 210 g/mol. The van der Waals surface area contributed by atoms with Gasteiger partial charge in [-0.2, -0.15) is 0 Å². The van der Waals surface area contributed by atoms with E-state index in [0.717, 1.165) is 24.7 Å². The molecule has 0 amide bonds. The van der Waals surface area contributed by atoms with Gasteiger partial charge in [-0.05, 0) is 57.1 Å². The lowest BCUT2D eigenvalue weighted by atomic mass is 10.0. The van der Waals surface area contributed by atoms with Crippen molar-refractivity contribution in [3.8, 4) is 5.75 Å². The average Bonchev–Trinajstić information content (AvgIpc) is 2.98. The summed E-state index contributed by atoms with van der Waals surface area (Å²) in [6.45, 7) is 7.17. The molecule has 1 aliphatic carbocycles. The number of hydrogen-bond acceptors (Lipinski definition) is 2. The fraction of sp³-hybridized carbons (Fsp3) is 0.600. The van der Waals surface area contributed by atoms with E-state index in [1.54, 1.807) is 0 Å². The standard InChI is InChI=1S/C15H23NO/c1-10-6-11(2)15(17-9-13-4-5-13)14(7-10)8-12(3)16/h6-7,12-13H,4-5,8-9,16H2,1-3H3. The molecule has 1 unspecified atom stereocenters. The van der Waals surface area contributed by atoms with Crippen molar-refractivity contribution in [2.45, 2.75) is 46.1 Å². The van der Waals surface area contributed by atoms with E-state index in [-0.39, 0.29) is 6.04 Å². The van der Waals surface area contributed by atoms with Gasteiger partial charge in [-0.25, -0.2) is 0 Å². The van der Waals surface area contributed by atoms with E-state index in [4.69, 9.17) is 10.5 Å². The van der Waals surface area contributed by atoms with Crippen LogP contribution in [0.2, 0.25) is 0 Å². The van der Waals surface area contributed by atoms with Gasteiger partial charge in [0.05, 0.1) is 6.61 Å². The fourth-order valence-corrected chi connectivity index (χ4v) is 2.23. The van der Waals surface area contributed by atoms with Crippen LogP contribution in [0.15, 0.2) is 12.1 Å². The lowest BCUT2D eigenvalue weighted by Gasteiger charge is -2.16. The second kappa shape index (κ2) is 5.09. The molecule has 0 spiro atoms. The molecule has 0 aromatic heterocycles. The van der Waals surface area contributed by atoms with Crippen molar-refractivity contribution in [1.29, 1.82) is 0 Å². The van der Waals surface area contributed by atoms with Crippen LogP contribution in [0.1, 0.15) is 36.5 Å². The molecule has 94 valence electrons. The molecule has 2 nitrogen and oxygen atoms in total. The molecular formula is C15H23NO. The summed E-state index contributed by atoms with van der Waals surface area (Å²) in [7, 11) is 0. The number of nitrogens with two attached hydrogens (primary N) is 1. The van der Waals surface area contributed by atoms with Gasteiger partial charge in [0.15, 0.2) is 0 Å². The van der Waals surface area contributed by atoms with Crippen LogP contribution in [0.3, 0.4) is 0 Å². The average molecular weight is 233 g/mol. The zero-order valence-corrected chi connectivity index (χ0v) is 11.1. The van der Waals surface area contributed by atoms with Crippen molar-refractivity contribution in [3.63, 3.8) is 0 Å². The predicted molar refractivity (Wildman–Crippen MR) is 71.5 cm³/mol. The van der Waals surface area contributed by atoms with E-state index in [1.807, 2.05) is 6.92 Å². The van der Waals surface area contributed by atoms with Gasteiger partial charge in [0.2, 0.25) is 0 Å². The second-order valence-electron chi connectivity index (χ2n) is 5.51. The Morgan fingerprint density at radius 1 is 1.35 bits per heavy atom. The van der Waals surface area contributed by atoms with Crippen LogP contribution in [0.5, 0.6) is 5.75 Å². The number of ether oxygens (including phenoxy) is 1. The highest BCUT2D eigenvalue weighted by molar-refractivity contribution is 5.44. The molecule has 0 heterocycles. The van der Waals surface area contributed by atoms with E-state index < -0.39 is 0 Å². The summed E-state index contributed by atoms with van der Waals surface area (Å²) in [4.78, 5) is 0. The molecule has 1 aliphatic rings. The van der Waals surface area contributed by atoms with Crippen LogP contribution in [-0.4, -0.2) is 12.6 Å². The van der Waals surface area contributed by atoms with Crippen LogP contribution >= 0.6 is 0 Å². The highest BCUT2D eigenvalue weighted by atomic mass is 16.5. The van der Waals surface area contributed by atoms with Crippen molar-refractivity contribution in [2.24, 2.45) is 11.7 Å².